The number of benzene rings is 3. The summed E-state index contributed by atoms with van der Waals surface area (Å²) in [5.41, 5.74) is 2.20. The van der Waals surface area contributed by atoms with E-state index in [2.05, 4.69) is 10.6 Å². The van der Waals surface area contributed by atoms with Gasteiger partial charge in [-0.3, -0.25) is 14.4 Å². The lowest BCUT2D eigenvalue weighted by Crippen LogP contribution is -2.21. The quantitative estimate of drug-likeness (QED) is 0.484. The molecule has 0 aliphatic rings. The summed E-state index contributed by atoms with van der Waals surface area (Å²) in [4.78, 5) is 36.5. The molecule has 0 spiro atoms. The zero-order chi connectivity index (χ0) is 23.6. The van der Waals surface area contributed by atoms with E-state index in [1.54, 1.807) is 79.9 Å². The molecule has 3 rings (SSSR count). The average molecular weight is 448 g/mol. The molecule has 2 amide bonds. The zero-order valence-electron chi connectivity index (χ0n) is 18.3. The average Bonchev–Trinajstić information content (AvgIpc) is 2.84. The van der Waals surface area contributed by atoms with E-state index in [1.807, 2.05) is 0 Å². The maximum absolute atomic E-state index is 12.4. The molecule has 170 valence electrons. The van der Waals surface area contributed by atoms with E-state index in [0.717, 1.165) is 0 Å². The molecular weight excluding hydrogens is 424 g/mol. The predicted octanol–water partition coefficient (Wildman–Crippen LogP) is 3.68. The number of para-hydroxylation sites is 1. The standard InChI is InChI=1S/C25H24N2O6/c1-31-21-13-11-20(12-14-21)27-25(30)17-7-9-19(10-8-17)26-23(28)16-33-24(29)15-18-5-3-4-6-22(18)32-2/h3-14H,15-16H2,1-2H3,(H,26,28)(H,27,30). The van der Waals surface area contributed by atoms with Crippen LogP contribution in [0.15, 0.2) is 72.8 Å². The summed E-state index contributed by atoms with van der Waals surface area (Å²) >= 11 is 0. The fourth-order valence-electron chi connectivity index (χ4n) is 2.98. The number of ether oxygens (including phenoxy) is 3. The minimum Gasteiger partial charge on any atom is -0.497 e. The van der Waals surface area contributed by atoms with Gasteiger partial charge < -0.3 is 24.8 Å². The number of hydrogen-bond acceptors (Lipinski definition) is 6. The first-order chi connectivity index (χ1) is 16.0. The van der Waals surface area contributed by atoms with Gasteiger partial charge in [0.1, 0.15) is 11.5 Å². The van der Waals surface area contributed by atoms with Gasteiger partial charge in [-0.05, 0) is 54.6 Å². The number of methoxy groups -OCH3 is 2. The van der Waals surface area contributed by atoms with E-state index in [4.69, 9.17) is 14.2 Å². The van der Waals surface area contributed by atoms with Gasteiger partial charge in [-0.1, -0.05) is 18.2 Å². The highest BCUT2D eigenvalue weighted by Crippen LogP contribution is 2.18. The molecule has 0 aliphatic carbocycles. The van der Waals surface area contributed by atoms with Crippen LogP contribution in [0.4, 0.5) is 11.4 Å². The number of esters is 1. The molecule has 3 aromatic rings. The molecule has 0 bridgehead atoms. The topological polar surface area (TPSA) is 103 Å². The number of nitrogens with one attached hydrogen (secondary N) is 2. The third kappa shape index (κ3) is 6.83. The predicted molar refractivity (Wildman–Crippen MR) is 124 cm³/mol. The van der Waals surface area contributed by atoms with Crippen molar-refractivity contribution in [1.82, 2.24) is 0 Å². The van der Waals surface area contributed by atoms with Gasteiger partial charge in [-0.2, -0.15) is 0 Å². The number of anilines is 2. The molecular formula is C25H24N2O6. The molecule has 0 atom stereocenters. The molecule has 0 aromatic heterocycles. The molecule has 0 unspecified atom stereocenters. The Hall–Kier alpha value is -4.33. The van der Waals surface area contributed by atoms with Crippen LogP contribution in [0, 0.1) is 0 Å². The van der Waals surface area contributed by atoms with Gasteiger partial charge in [0.2, 0.25) is 0 Å². The smallest absolute Gasteiger partial charge is 0.310 e. The van der Waals surface area contributed by atoms with Crippen LogP contribution in [0.25, 0.3) is 0 Å². The molecule has 33 heavy (non-hydrogen) atoms. The summed E-state index contributed by atoms with van der Waals surface area (Å²) < 4.78 is 15.3. The lowest BCUT2D eigenvalue weighted by atomic mass is 10.1. The Labute approximate surface area is 191 Å². The molecule has 0 saturated carbocycles. The first kappa shape index (κ1) is 23.3. The van der Waals surface area contributed by atoms with Crippen LogP contribution in [0.1, 0.15) is 15.9 Å². The Bertz CT molecular complexity index is 1110. The van der Waals surface area contributed by atoms with Crippen molar-refractivity contribution >= 4 is 29.2 Å². The summed E-state index contributed by atoms with van der Waals surface area (Å²) in [7, 11) is 3.09. The fraction of sp³-hybridized carbons (Fsp3) is 0.160. The number of carbonyl (C=O) groups is 3. The summed E-state index contributed by atoms with van der Waals surface area (Å²) in [6, 6.07) is 20.4. The van der Waals surface area contributed by atoms with Gasteiger partial charge in [0.25, 0.3) is 11.8 Å². The van der Waals surface area contributed by atoms with Crippen LogP contribution >= 0.6 is 0 Å². The second-order valence-electron chi connectivity index (χ2n) is 6.96. The first-order valence-corrected chi connectivity index (χ1v) is 10.1. The number of carbonyl (C=O) groups excluding carboxylic acids is 3. The normalized spacial score (nSPS) is 10.1. The monoisotopic (exact) mass is 448 g/mol. The highest BCUT2D eigenvalue weighted by atomic mass is 16.5. The van der Waals surface area contributed by atoms with Crippen molar-refractivity contribution in [3.8, 4) is 11.5 Å². The lowest BCUT2D eigenvalue weighted by Gasteiger charge is -2.10. The summed E-state index contributed by atoms with van der Waals surface area (Å²) in [6.07, 6.45) is -0.00467. The second-order valence-corrected chi connectivity index (χ2v) is 6.96. The van der Waals surface area contributed by atoms with Crippen molar-refractivity contribution in [1.29, 1.82) is 0 Å². The maximum Gasteiger partial charge on any atom is 0.310 e. The number of rotatable bonds is 9. The molecule has 8 heteroatoms. The van der Waals surface area contributed by atoms with Crippen LogP contribution in [-0.2, 0) is 20.7 Å². The summed E-state index contributed by atoms with van der Waals surface area (Å²) in [5, 5.41) is 5.41. The van der Waals surface area contributed by atoms with Gasteiger partial charge in [0.05, 0.1) is 20.6 Å². The van der Waals surface area contributed by atoms with Crippen molar-refractivity contribution in [3.05, 3.63) is 83.9 Å². The summed E-state index contributed by atoms with van der Waals surface area (Å²) in [5.74, 6) is -0.0455. The second kappa shape index (κ2) is 11.3. The van der Waals surface area contributed by atoms with Crippen LogP contribution in [0.5, 0.6) is 11.5 Å². The third-order valence-electron chi connectivity index (χ3n) is 4.67. The highest BCUT2D eigenvalue weighted by molar-refractivity contribution is 6.04. The molecule has 3 aromatic carbocycles. The maximum atomic E-state index is 12.4. The van der Waals surface area contributed by atoms with Crippen molar-refractivity contribution in [2.45, 2.75) is 6.42 Å². The van der Waals surface area contributed by atoms with Crippen molar-refractivity contribution in [2.75, 3.05) is 31.5 Å². The third-order valence-corrected chi connectivity index (χ3v) is 4.67. The van der Waals surface area contributed by atoms with Crippen LogP contribution in [0.2, 0.25) is 0 Å². The van der Waals surface area contributed by atoms with Gasteiger partial charge in [0.15, 0.2) is 6.61 Å². The summed E-state index contributed by atoms with van der Waals surface area (Å²) in [6.45, 7) is -0.423. The van der Waals surface area contributed by atoms with Gasteiger partial charge >= 0.3 is 5.97 Å². The first-order valence-electron chi connectivity index (χ1n) is 10.1. The molecule has 0 heterocycles. The Kier molecular flexibility index (Phi) is 8.02. The van der Waals surface area contributed by atoms with Gasteiger partial charge in [-0.15, -0.1) is 0 Å². The van der Waals surface area contributed by atoms with E-state index >= 15 is 0 Å². The lowest BCUT2D eigenvalue weighted by molar-refractivity contribution is -0.146. The van der Waals surface area contributed by atoms with Crippen molar-refractivity contribution < 1.29 is 28.6 Å². The van der Waals surface area contributed by atoms with Gasteiger partial charge in [0, 0.05) is 22.5 Å². The van der Waals surface area contributed by atoms with E-state index in [-0.39, 0.29) is 12.3 Å². The van der Waals surface area contributed by atoms with Crippen molar-refractivity contribution in [2.24, 2.45) is 0 Å². The SMILES string of the molecule is COc1ccc(NC(=O)c2ccc(NC(=O)COC(=O)Cc3ccccc3OC)cc2)cc1. The van der Waals surface area contributed by atoms with E-state index < -0.39 is 18.5 Å². The van der Waals surface area contributed by atoms with Crippen LogP contribution < -0.4 is 20.1 Å². The van der Waals surface area contributed by atoms with Crippen LogP contribution in [-0.4, -0.2) is 38.6 Å². The number of amides is 2. The van der Waals surface area contributed by atoms with Gasteiger partial charge in [-0.25, -0.2) is 0 Å². The Morgan fingerprint density at radius 3 is 2.06 bits per heavy atom. The highest BCUT2D eigenvalue weighted by Gasteiger charge is 2.12. The molecule has 0 radical (unpaired) electrons. The van der Waals surface area contributed by atoms with E-state index in [1.165, 1.54) is 7.11 Å². The minimum atomic E-state index is -0.541. The Morgan fingerprint density at radius 1 is 0.758 bits per heavy atom. The molecule has 0 saturated heterocycles. The van der Waals surface area contributed by atoms with E-state index in [9.17, 15) is 14.4 Å². The minimum absolute atomic E-state index is 0.00467. The Balaban J connectivity index is 1.47. The largest absolute Gasteiger partial charge is 0.497 e. The molecule has 2 N–H and O–H groups in total. The van der Waals surface area contributed by atoms with Crippen molar-refractivity contribution in [3.63, 3.8) is 0 Å². The molecule has 0 fully saturated rings. The zero-order valence-corrected chi connectivity index (χ0v) is 18.3. The van der Waals surface area contributed by atoms with Crippen LogP contribution in [0.3, 0.4) is 0 Å². The van der Waals surface area contributed by atoms with E-state index in [0.29, 0.717) is 34.0 Å². The molecule has 0 aliphatic heterocycles. The number of hydrogen-bond donors (Lipinski definition) is 2. The fourth-order valence-corrected chi connectivity index (χ4v) is 2.98. The Morgan fingerprint density at radius 2 is 1.39 bits per heavy atom. The molecule has 8 nitrogen and oxygen atoms in total.